The number of aryl methyl sites for hydroxylation is 1. The molecular weight excluding hydrogens is 236 g/mol. The molecule has 3 rings (SSSR count). The average molecular weight is 256 g/mol. The van der Waals surface area contributed by atoms with Crippen LogP contribution in [0.3, 0.4) is 0 Å². The number of nitrogens with two attached hydrogens (primary N) is 1. The molecule has 19 heavy (non-hydrogen) atoms. The molecule has 3 heteroatoms. The Kier molecular flexibility index (Phi) is 3.38. The minimum atomic E-state index is 0.244. The number of para-hydroxylation sites is 1. The van der Waals surface area contributed by atoms with Crippen LogP contribution in [-0.2, 0) is 0 Å². The molecule has 3 nitrogen and oxygen atoms in total. The number of benzene rings is 1. The van der Waals surface area contributed by atoms with Crippen molar-refractivity contribution in [2.24, 2.45) is 5.73 Å². The number of fused-ring (bicyclic) bond motifs is 1. The molecule has 2 unspecified atom stereocenters. The smallest absolute Gasteiger partial charge is 0.130 e. The number of aromatic nitrogens is 1. The third-order valence-electron chi connectivity index (χ3n) is 3.77. The number of rotatable bonds is 2. The van der Waals surface area contributed by atoms with Crippen LogP contribution in [-0.4, -0.2) is 17.1 Å². The van der Waals surface area contributed by atoms with E-state index in [1.54, 1.807) is 0 Å². The largest absolute Gasteiger partial charge is 0.490 e. The van der Waals surface area contributed by atoms with Gasteiger partial charge in [0.05, 0.1) is 5.52 Å². The number of hydrogen-bond acceptors (Lipinski definition) is 3. The Hall–Kier alpha value is -1.61. The zero-order valence-electron chi connectivity index (χ0n) is 11.3. The van der Waals surface area contributed by atoms with E-state index in [-0.39, 0.29) is 12.1 Å². The van der Waals surface area contributed by atoms with Crippen molar-refractivity contribution < 1.29 is 4.74 Å². The van der Waals surface area contributed by atoms with Crippen LogP contribution in [0.1, 0.15) is 31.4 Å². The molecule has 1 aliphatic carbocycles. The molecule has 0 amide bonds. The summed E-state index contributed by atoms with van der Waals surface area (Å²) in [4.78, 5) is 4.54. The van der Waals surface area contributed by atoms with Crippen molar-refractivity contribution in [2.75, 3.05) is 0 Å². The zero-order valence-corrected chi connectivity index (χ0v) is 11.3. The first-order valence-electron chi connectivity index (χ1n) is 7.01. The van der Waals surface area contributed by atoms with Gasteiger partial charge in [0.1, 0.15) is 11.9 Å². The summed E-state index contributed by atoms with van der Waals surface area (Å²) in [6, 6.07) is 10.4. The molecule has 100 valence electrons. The zero-order chi connectivity index (χ0) is 13.2. The Morgan fingerprint density at radius 2 is 2.11 bits per heavy atom. The van der Waals surface area contributed by atoms with Gasteiger partial charge >= 0.3 is 0 Å². The van der Waals surface area contributed by atoms with Gasteiger partial charge in [0.15, 0.2) is 0 Å². The van der Waals surface area contributed by atoms with Crippen molar-refractivity contribution in [3.05, 3.63) is 36.0 Å². The van der Waals surface area contributed by atoms with Crippen LogP contribution in [0, 0.1) is 6.92 Å². The topological polar surface area (TPSA) is 48.1 Å². The Labute approximate surface area is 113 Å². The fourth-order valence-electron chi connectivity index (χ4n) is 2.83. The van der Waals surface area contributed by atoms with E-state index < -0.39 is 0 Å². The predicted octanol–water partition coefficient (Wildman–Crippen LogP) is 3.19. The standard InChI is InChI=1S/C16H20N2O/c1-11-9-16(14-7-2-3-8-15(14)18-11)19-13-6-4-5-12(17)10-13/h2-3,7-9,12-13H,4-6,10,17H2,1H3. The van der Waals surface area contributed by atoms with Crippen molar-refractivity contribution in [3.63, 3.8) is 0 Å². The third-order valence-corrected chi connectivity index (χ3v) is 3.77. The fourth-order valence-corrected chi connectivity index (χ4v) is 2.83. The summed E-state index contributed by atoms with van der Waals surface area (Å²) in [7, 11) is 0. The van der Waals surface area contributed by atoms with Gasteiger partial charge in [0.25, 0.3) is 0 Å². The molecule has 1 saturated carbocycles. The highest BCUT2D eigenvalue weighted by molar-refractivity contribution is 5.85. The molecule has 0 aliphatic heterocycles. The van der Waals surface area contributed by atoms with Crippen molar-refractivity contribution in [2.45, 2.75) is 44.8 Å². The molecule has 0 bridgehead atoms. The lowest BCUT2D eigenvalue weighted by Crippen LogP contribution is -2.33. The molecule has 0 saturated heterocycles. The molecule has 0 radical (unpaired) electrons. The number of nitrogens with zero attached hydrogens (tertiary/aromatic N) is 1. The second-order valence-electron chi connectivity index (χ2n) is 5.45. The number of hydrogen-bond donors (Lipinski definition) is 1. The Balaban J connectivity index is 1.91. The van der Waals surface area contributed by atoms with E-state index >= 15 is 0 Å². The first kappa shape index (κ1) is 12.4. The lowest BCUT2D eigenvalue weighted by atomic mass is 9.93. The van der Waals surface area contributed by atoms with Crippen LogP contribution in [0.2, 0.25) is 0 Å². The van der Waals surface area contributed by atoms with Gasteiger partial charge in [-0.05, 0) is 44.7 Å². The molecule has 2 aromatic rings. The highest BCUT2D eigenvalue weighted by Gasteiger charge is 2.21. The number of pyridine rings is 1. The summed E-state index contributed by atoms with van der Waals surface area (Å²) in [6.45, 7) is 2.01. The first-order chi connectivity index (χ1) is 9.22. The van der Waals surface area contributed by atoms with E-state index in [0.29, 0.717) is 0 Å². The van der Waals surface area contributed by atoms with Gasteiger partial charge in [0.2, 0.25) is 0 Å². The van der Waals surface area contributed by atoms with Crippen molar-refractivity contribution in [3.8, 4) is 5.75 Å². The van der Waals surface area contributed by atoms with Crippen LogP contribution in [0.5, 0.6) is 5.75 Å². The van der Waals surface area contributed by atoms with Gasteiger partial charge in [-0.15, -0.1) is 0 Å². The van der Waals surface area contributed by atoms with Crippen molar-refractivity contribution in [1.82, 2.24) is 4.98 Å². The maximum absolute atomic E-state index is 6.20. The highest BCUT2D eigenvalue weighted by Crippen LogP contribution is 2.29. The van der Waals surface area contributed by atoms with E-state index in [9.17, 15) is 0 Å². The molecule has 1 aliphatic rings. The molecule has 1 aromatic carbocycles. The maximum Gasteiger partial charge on any atom is 0.130 e. The number of ether oxygens (including phenoxy) is 1. The highest BCUT2D eigenvalue weighted by atomic mass is 16.5. The lowest BCUT2D eigenvalue weighted by Gasteiger charge is -2.27. The summed E-state index contributed by atoms with van der Waals surface area (Å²) in [5.41, 5.74) is 8.02. The van der Waals surface area contributed by atoms with E-state index in [4.69, 9.17) is 10.5 Å². The minimum Gasteiger partial charge on any atom is -0.490 e. The molecule has 2 N–H and O–H groups in total. The Morgan fingerprint density at radius 1 is 1.26 bits per heavy atom. The van der Waals surface area contributed by atoms with E-state index in [2.05, 4.69) is 11.1 Å². The SMILES string of the molecule is Cc1cc(OC2CCCC(N)C2)c2ccccc2n1. The van der Waals surface area contributed by atoms with Crippen LogP contribution < -0.4 is 10.5 Å². The van der Waals surface area contributed by atoms with Crippen LogP contribution in [0.25, 0.3) is 10.9 Å². The summed E-state index contributed by atoms with van der Waals surface area (Å²) in [5.74, 6) is 0.946. The van der Waals surface area contributed by atoms with E-state index in [1.807, 2.05) is 31.2 Å². The molecule has 1 fully saturated rings. The van der Waals surface area contributed by atoms with Crippen LogP contribution in [0.4, 0.5) is 0 Å². The van der Waals surface area contributed by atoms with Gasteiger partial charge in [0, 0.05) is 23.2 Å². The normalized spacial score (nSPS) is 23.5. The Morgan fingerprint density at radius 3 is 2.95 bits per heavy atom. The summed E-state index contributed by atoms with van der Waals surface area (Å²) in [6.07, 6.45) is 4.58. The lowest BCUT2D eigenvalue weighted by molar-refractivity contribution is 0.146. The van der Waals surface area contributed by atoms with Gasteiger partial charge in [-0.2, -0.15) is 0 Å². The van der Waals surface area contributed by atoms with Crippen LogP contribution in [0.15, 0.2) is 30.3 Å². The average Bonchev–Trinajstić information content (AvgIpc) is 2.38. The maximum atomic E-state index is 6.20. The van der Waals surface area contributed by atoms with Crippen molar-refractivity contribution >= 4 is 10.9 Å². The van der Waals surface area contributed by atoms with E-state index in [0.717, 1.165) is 48.0 Å². The molecule has 1 heterocycles. The second-order valence-corrected chi connectivity index (χ2v) is 5.45. The monoisotopic (exact) mass is 256 g/mol. The van der Waals surface area contributed by atoms with Gasteiger partial charge in [-0.25, -0.2) is 0 Å². The second kappa shape index (κ2) is 5.17. The van der Waals surface area contributed by atoms with Gasteiger partial charge in [-0.1, -0.05) is 12.1 Å². The molecule has 2 atom stereocenters. The Bertz CT molecular complexity index is 582. The van der Waals surface area contributed by atoms with Gasteiger partial charge < -0.3 is 10.5 Å². The van der Waals surface area contributed by atoms with Crippen LogP contribution >= 0.6 is 0 Å². The third kappa shape index (κ3) is 2.71. The predicted molar refractivity (Wildman–Crippen MR) is 77.3 cm³/mol. The minimum absolute atomic E-state index is 0.244. The molecule has 0 spiro atoms. The van der Waals surface area contributed by atoms with E-state index in [1.165, 1.54) is 0 Å². The fraction of sp³-hybridized carbons (Fsp3) is 0.438. The van der Waals surface area contributed by atoms with Gasteiger partial charge in [-0.3, -0.25) is 4.98 Å². The first-order valence-corrected chi connectivity index (χ1v) is 7.01. The molecule has 1 aromatic heterocycles. The summed E-state index contributed by atoms with van der Waals surface area (Å²) in [5, 5.41) is 1.09. The summed E-state index contributed by atoms with van der Waals surface area (Å²) >= 11 is 0. The quantitative estimate of drug-likeness (QED) is 0.897. The van der Waals surface area contributed by atoms with Crippen molar-refractivity contribution in [1.29, 1.82) is 0 Å². The molecular formula is C16H20N2O. The summed E-state index contributed by atoms with van der Waals surface area (Å²) < 4.78 is 6.20.